The van der Waals surface area contributed by atoms with Crippen LogP contribution < -0.4 is 16.1 Å². The highest BCUT2D eigenvalue weighted by Crippen LogP contribution is 2.46. The quantitative estimate of drug-likeness (QED) is 0.0735. The van der Waals surface area contributed by atoms with Gasteiger partial charge in [-0.3, -0.25) is 29.0 Å². The number of hydroxylamine groups is 1. The minimum absolute atomic E-state index is 0.0912. The average Bonchev–Trinajstić information content (AvgIpc) is 3.56. The summed E-state index contributed by atoms with van der Waals surface area (Å²) in [5.74, 6) is -4.70. The van der Waals surface area contributed by atoms with E-state index in [-0.39, 0.29) is 42.4 Å². The minimum atomic E-state index is -2.13. The molecule has 1 aromatic heterocycles. The molecule has 2 saturated heterocycles. The summed E-state index contributed by atoms with van der Waals surface area (Å²) in [7, 11) is 0. The van der Waals surface area contributed by atoms with Crippen molar-refractivity contribution in [2.75, 3.05) is 31.1 Å². The first kappa shape index (κ1) is 31.4. The minimum Gasteiger partial charge on any atom is -0.477 e. The summed E-state index contributed by atoms with van der Waals surface area (Å²) in [5, 5.41) is 27.8. The summed E-state index contributed by atoms with van der Waals surface area (Å²) in [4.78, 5) is 80.6. The van der Waals surface area contributed by atoms with Crippen molar-refractivity contribution in [1.29, 1.82) is 0 Å². The third-order valence-corrected chi connectivity index (χ3v) is 10.5. The molecule has 4 heterocycles. The Hall–Kier alpha value is -4.04. The van der Waals surface area contributed by atoms with Crippen LogP contribution in [-0.4, -0.2) is 112 Å². The molecule has 19 heteroatoms. The monoisotopic (exact) mass is 662 g/mol. The number of aliphatic carboxylic acids is 1. The number of hydrogen-bond donors (Lipinski definition) is 5. The molecule has 44 heavy (non-hydrogen) atoms. The number of carbonyl (C=O) groups is 6. The lowest BCUT2D eigenvalue weighted by molar-refractivity contribution is -0.171. The molecule has 2 aromatic rings. The van der Waals surface area contributed by atoms with Gasteiger partial charge in [-0.15, -0.1) is 28.6 Å². The van der Waals surface area contributed by atoms with Crippen LogP contribution in [0.15, 0.2) is 52.0 Å². The summed E-state index contributed by atoms with van der Waals surface area (Å²) < 4.78 is 4.53. The number of benzene rings is 1. The number of β-lactam (4-membered cyclic amide) rings is 1. The second-order valence-corrected chi connectivity index (χ2v) is 12.8. The molecule has 2 fully saturated rings. The Bertz CT molecular complexity index is 1520. The Morgan fingerprint density at radius 3 is 2.55 bits per heavy atom. The lowest BCUT2D eigenvalue weighted by Gasteiger charge is -2.56. The molecule has 5 rings (SSSR count). The maximum atomic E-state index is 13.7. The van der Waals surface area contributed by atoms with Crippen molar-refractivity contribution in [3.63, 3.8) is 0 Å². The topological polar surface area (TPSA) is 214 Å². The van der Waals surface area contributed by atoms with E-state index in [4.69, 9.17) is 0 Å². The first-order valence-electron chi connectivity index (χ1n) is 13.1. The molecule has 0 saturated carbocycles. The van der Waals surface area contributed by atoms with E-state index in [1.54, 1.807) is 31.3 Å². The molecule has 0 bridgehead atoms. The van der Waals surface area contributed by atoms with Crippen LogP contribution in [0, 0.1) is 0 Å². The Labute approximate surface area is 262 Å². The van der Waals surface area contributed by atoms with Gasteiger partial charge in [0.1, 0.15) is 21.3 Å². The molecule has 0 spiro atoms. The van der Waals surface area contributed by atoms with E-state index in [1.807, 2.05) is 5.48 Å². The van der Waals surface area contributed by atoms with Gasteiger partial charge in [0.05, 0.1) is 6.20 Å². The molecular formula is C25H26N8O8S3. The molecule has 16 nitrogen and oxygen atoms in total. The van der Waals surface area contributed by atoms with Gasteiger partial charge in [-0.1, -0.05) is 34.8 Å². The van der Waals surface area contributed by atoms with Gasteiger partial charge >= 0.3 is 23.8 Å². The SMILES string of the molecule is CCN1CCN(C(=O)NC(C(=O)N[C@]2(NO)C(=O)N3C(C(=O)O)=C(CSc4cnns4)CS[C@H]32)c2ccccc2)C(=O)C1=O. The van der Waals surface area contributed by atoms with Gasteiger partial charge in [0.2, 0.25) is 11.6 Å². The summed E-state index contributed by atoms with van der Waals surface area (Å²) in [6.07, 6.45) is 1.54. The van der Waals surface area contributed by atoms with E-state index in [0.717, 1.165) is 32.4 Å². The maximum Gasteiger partial charge on any atom is 0.352 e. The van der Waals surface area contributed by atoms with Crippen LogP contribution in [-0.2, 0) is 24.0 Å². The van der Waals surface area contributed by atoms with E-state index < -0.39 is 52.7 Å². The van der Waals surface area contributed by atoms with Crippen molar-refractivity contribution in [3.8, 4) is 0 Å². The molecule has 3 aliphatic heterocycles. The van der Waals surface area contributed by atoms with Crippen LogP contribution in [0.2, 0.25) is 0 Å². The molecule has 3 aliphatic rings. The molecule has 232 valence electrons. The van der Waals surface area contributed by atoms with Gasteiger partial charge in [-0.2, -0.15) is 5.48 Å². The van der Waals surface area contributed by atoms with Crippen molar-refractivity contribution in [3.05, 3.63) is 53.4 Å². The Kier molecular flexibility index (Phi) is 9.20. The number of urea groups is 1. The van der Waals surface area contributed by atoms with Gasteiger partial charge in [0, 0.05) is 31.1 Å². The molecule has 6 amide bonds. The zero-order chi connectivity index (χ0) is 31.6. The molecule has 0 radical (unpaired) electrons. The number of rotatable bonds is 10. The zero-order valence-corrected chi connectivity index (χ0v) is 25.4. The van der Waals surface area contributed by atoms with Crippen molar-refractivity contribution < 1.29 is 39.1 Å². The van der Waals surface area contributed by atoms with Crippen LogP contribution in [0.5, 0.6) is 0 Å². The molecule has 3 atom stereocenters. The Morgan fingerprint density at radius 1 is 1.16 bits per heavy atom. The summed E-state index contributed by atoms with van der Waals surface area (Å²) in [6, 6.07) is 5.48. The molecule has 0 aliphatic carbocycles. The van der Waals surface area contributed by atoms with Crippen molar-refractivity contribution in [2.24, 2.45) is 0 Å². The van der Waals surface area contributed by atoms with Crippen molar-refractivity contribution in [2.45, 2.75) is 28.2 Å². The van der Waals surface area contributed by atoms with E-state index in [9.17, 15) is 39.1 Å². The number of fused-ring (bicyclic) bond motifs is 1. The standard InChI is InChI=1S/C25H26N8O8S3/c1-2-31-8-9-32(20(36)19(31)35)24(40)27-16(13-6-4-3-5-7-13)18(34)28-25(29-41)22(39)33-17(21(37)38)14(12-43-23(25)33)11-42-15-10-26-30-44-15/h3-7,10,16,23,29,41H,2,8-9,11-12H2,1H3,(H,27,40)(H,28,34)(H,37,38)/t16?,23-,25-/m0/s1. The highest BCUT2D eigenvalue weighted by Gasteiger charge is 2.66. The predicted molar refractivity (Wildman–Crippen MR) is 156 cm³/mol. The van der Waals surface area contributed by atoms with Crippen molar-refractivity contribution >= 4 is 70.7 Å². The molecular weight excluding hydrogens is 637 g/mol. The Balaban J connectivity index is 1.36. The summed E-state index contributed by atoms with van der Waals surface area (Å²) >= 11 is 3.59. The lowest BCUT2D eigenvalue weighted by atomic mass is 9.94. The number of aromatic nitrogens is 2. The van der Waals surface area contributed by atoms with E-state index in [1.165, 1.54) is 28.8 Å². The summed E-state index contributed by atoms with van der Waals surface area (Å²) in [5.41, 5.74) is 0.216. The van der Waals surface area contributed by atoms with Gasteiger partial charge in [0.15, 0.2) is 0 Å². The second-order valence-electron chi connectivity index (χ2n) is 9.66. The Morgan fingerprint density at radius 2 is 1.91 bits per heavy atom. The summed E-state index contributed by atoms with van der Waals surface area (Å²) in [6.45, 7) is 2.02. The predicted octanol–water partition coefficient (Wildman–Crippen LogP) is -0.183. The average molecular weight is 663 g/mol. The number of likely N-dealkylation sites (N-methyl/N-ethyl adjacent to an activating group) is 1. The molecule has 5 N–H and O–H groups in total. The number of thioether (sulfide) groups is 2. The van der Waals surface area contributed by atoms with Gasteiger partial charge < -0.3 is 25.8 Å². The number of nitrogens with zero attached hydrogens (tertiary/aromatic N) is 5. The molecule has 1 aromatic carbocycles. The zero-order valence-electron chi connectivity index (χ0n) is 23.0. The third kappa shape index (κ3) is 5.63. The first-order valence-corrected chi connectivity index (χ1v) is 15.9. The maximum absolute atomic E-state index is 13.7. The number of imide groups is 1. The van der Waals surface area contributed by atoms with E-state index in [0.29, 0.717) is 10.5 Å². The number of nitrogens with one attached hydrogen (secondary N) is 3. The number of carboxylic acids is 1. The second kappa shape index (κ2) is 12.9. The number of amides is 6. The number of carboxylic acid groups (broad SMARTS) is 1. The fraction of sp³-hybridized carbons (Fsp3) is 0.360. The number of piperazine rings is 1. The lowest BCUT2D eigenvalue weighted by Crippen LogP contribution is -2.85. The highest BCUT2D eigenvalue weighted by molar-refractivity contribution is 8.01. The van der Waals surface area contributed by atoms with Crippen LogP contribution in [0.1, 0.15) is 18.5 Å². The molecule has 1 unspecified atom stereocenters. The van der Waals surface area contributed by atoms with Gasteiger partial charge in [-0.05, 0) is 29.6 Å². The third-order valence-electron chi connectivity index (χ3n) is 7.18. The van der Waals surface area contributed by atoms with E-state index in [2.05, 4.69) is 20.2 Å². The smallest absolute Gasteiger partial charge is 0.352 e. The largest absolute Gasteiger partial charge is 0.477 e. The van der Waals surface area contributed by atoms with Gasteiger partial charge in [0.25, 0.3) is 5.91 Å². The first-order chi connectivity index (χ1) is 21.1. The fourth-order valence-electron chi connectivity index (χ4n) is 4.94. The van der Waals surface area contributed by atoms with Crippen LogP contribution in [0.3, 0.4) is 0 Å². The number of hydrogen-bond acceptors (Lipinski definition) is 13. The fourth-order valence-corrected chi connectivity index (χ4v) is 7.91. The normalized spacial score (nSPS) is 22.4. The van der Waals surface area contributed by atoms with Crippen LogP contribution in [0.4, 0.5) is 4.79 Å². The van der Waals surface area contributed by atoms with E-state index >= 15 is 0 Å². The van der Waals surface area contributed by atoms with Gasteiger partial charge in [-0.25, -0.2) is 9.59 Å². The van der Waals surface area contributed by atoms with Crippen LogP contribution >= 0.6 is 35.1 Å². The number of carbonyl (C=O) groups excluding carboxylic acids is 5. The van der Waals surface area contributed by atoms with Crippen LogP contribution in [0.25, 0.3) is 0 Å². The van der Waals surface area contributed by atoms with Crippen molar-refractivity contribution in [1.82, 2.24) is 40.4 Å². The highest BCUT2D eigenvalue weighted by atomic mass is 32.2.